The number of nitrogens with one attached hydrogen (secondary N) is 2. The average molecular weight is 360 g/mol. The van der Waals surface area contributed by atoms with Gasteiger partial charge in [0.15, 0.2) is 5.03 Å². The summed E-state index contributed by atoms with van der Waals surface area (Å²) in [5, 5.41) is 2.63. The van der Waals surface area contributed by atoms with Crippen LogP contribution < -0.4 is 10.0 Å². The maximum absolute atomic E-state index is 13.1. The molecule has 1 aromatic heterocycles. The van der Waals surface area contributed by atoms with Gasteiger partial charge in [-0.25, -0.2) is 9.37 Å². The molecule has 5 nitrogen and oxygen atoms in total. The zero-order valence-electron chi connectivity index (χ0n) is 10.4. The summed E-state index contributed by atoms with van der Waals surface area (Å²) in [5.74, 6) is -0.471. The molecular formula is C12H11BrFN3O2S. The molecule has 0 aliphatic heterocycles. The van der Waals surface area contributed by atoms with Gasteiger partial charge in [0.2, 0.25) is 0 Å². The van der Waals surface area contributed by atoms with Crippen LogP contribution in [0.2, 0.25) is 0 Å². The molecule has 106 valence electrons. The van der Waals surface area contributed by atoms with Gasteiger partial charge in [0, 0.05) is 13.2 Å². The van der Waals surface area contributed by atoms with Crippen LogP contribution in [0.15, 0.2) is 46.0 Å². The molecule has 0 aliphatic rings. The Labute approximate surface area is 124 Å². The molecule has 1 aromatic carbocycles. The molecule has 0 saturated heterocycles. The third kappa shape index (κ3) is 3.07. The summed E-state index contributed by atoms with van der Waals surface area (Å²) in [6.45, 7) is 0. The molecule has 0 radical (unpaired) electrons. The highest BCUT2D eigenvalue weighted by Crippen LogP contribution is 2.24. The van der Waals surface area contributed by atoms with Crippen molar-refractivity contribution in [2.45, 2.75) is 5.03 Å². The summed E-state index contributed by atoms with van der Waals surface area (Å²) < 4.78 is 40.2. The van der Waals surface area contributed by atoms with Crippen molar-refractivity contribution in [1.82, 2.24) is 4.98 Å². The summed E-state index contributed by atoms with van der Waals surface area (Å²) in [7, 11) is -2.25. The highest BCUT2D eigenvalue weighted by molar-refractivity contribution is 9.10. The van der Waals surface area contributed by atoms with Crippen LogP contribution in [0.4, 0.5) is 15.8 Å². The first-order valence-electron chi connectivity index (χ1n) is 5.54. The van der Waals surface area contributed by atoms with E-state index in [1.807, 2.05) is 0 Å². The quantitative estimate of drug-likeness (QED) is 0.880. The predicted molar refractivity (Wildman–Crippen MR) is 78.7 cm³/mol. The van der Waals surface area contributed by atoms with Crippen molar-refractivity contribution in [3.8, 4) is 0 Å². The van der Waals surface area contributed by atoms with E-state index in [9.17, 15) is 12.8 Å². The Morgan fingerprint density at radius 3 is 2.70 bits per heavy atom. The first-order valence-corrected chi connectivity index (χ1v) is 7.82. The van der Waals surface area contributed by atoms with Gasteiger partial charge in [-0.1, -0.05) is 0 Å². The number of aromatic nitrogens is 1. The van der Waals surface area contributed by atoms with Gasteiger partial charge in [-0.3, -0.25) is 4.72 Å². The van der Waals surface area contributed by atoms with Crippen molar-refractivity contribution in [2.24, 2.45) is 0 Å². The average Bonchev–Trinajstić information content (AvgIpc) is 2.42. The molecular weight excluding hydrogens is 349 g/mol. The molecule has 0 atom stereocenters. The second kappa shape index (κ2) is 5.76. The van der Waals surface area contributed by atoms with Crippen LogP contribution in [0.5, 0.6) is 0 Å². The van der Waals surface area contributed by atoms with Gasteiger partial charge in [0.1, 0.15) is 5.82 Å². The van der Waals surface area contributed by atoms with E-state index in [1.165, 1.54) is 24.4 Å². The Kier molecular flexibility index (Phi) is 4.24. The molecule has 0 spiro atoms. The van der Waals surface area contributed by atoms with E-state index in [1.54, 1.807) is 19.2 Å². The van der Waals surface area contributed by atoms with Crippen molar-refractivity contribution in [1.29, 1.82) is 0 Å². The number of benzene rings is 1. The van der Waals surface area contributed by atoms with E-state index < -0.39 is 15.8 Å². The Bertz CT molecular complexity index is 737. The maximum Gasteiger partial charge on any atom is 0.281 e. The molecule has 2 N–H and O–H groups in total. The van der Waals surface area contributed by atoms with E-state index >= 15 is 0 Å². The summed E-state index contributed by atoms with van der Waals surface area (Å²) >= 11 is 3.00. The van der Waals surface area contributed by atoms with E-state index in [0.717, 1.165) is 0 Å². The molecule has 2 rings (SSSR count). The molecule has 0 fully saturated rings. The maximum atomic E-state index is 13.1. The van der Waals surface area contributed by atoms with Crippen LogP contribution in [0.3, 0.4) is 0 Å². The zero-order valence-corrected chi connectivity index (χ0v) is 12.8. The van der Waals surface area contributed by atoms with Crippen LogP contribution in [0, 0.1) is 5.82 Å². The van der Waals surface area contributed by atoms with Crippen LogP contribution in [-0.2, 0) is 10.0 Å². The Morgan fingerprint density at radius 1 is 1.30 bits per heavy atom. The predicted octanol–water partition coefficient (Wildman–Crippen LogP) is 2.83. The standard InChI is InChI=1S/C12H11BrFN3O2S/c1-15-11-3-2-6-16-12(11)20(18,19)17-8-4-5-10(14)9(13)7-8/h2-7,15,17H,1H3. The van der Waals surface area contributed by atoms with Crippen molar-refractivity contribution in [2.75, 3.05) is 17.1 Å². The molecule has 0 amide bonds. The van der Waals surface area contributed by atoms with Crippen LogP contribution in [0.25, 0.3) is 0 Å². The lowest BCUT2D eigenvalue weighted by molar-refractivity contribution is 0.597. The molecule has 0 aliphatic carbocycles. The van der Waals surface area contributed by atoms with Crippen LogP contribution in [0.1, 0.15) is 0 Å². The minimum Gasteiger partial charge on any atom is -0.386 e. The van der Waals surface area contributed by atoms with Gasteiger partial charge >= 0.3 is 0 Å². The van der Waals surface area contributed by atoms with Crippen molar-refractivity contribution < 1.29 is 12.8 Å². The summed E-state index contributed by atoms with van der Waals surface area (Å²) in [6, 6.07) is 7.06. The van der Waals surface area contributed by atoms with E-state index in [0.29, 0.717) is 5.69 Å². The first kappa shape index (κ1) is 14.7. The monoisotopic (exact) mass is 359 g/mol. The number of rotatable bonds is 4. The highest BCUT2D eigenvalue weighted by atomic mass is 79.9. The van der Waals surface area contributed by atoms with Crippen LogP contribution in [-0.4, -0.2) is 20.4 Å². The molecule has 2 aromatic rings. The van der Waals surface area contributed by atoms with Crippen molar-refractivity contribution in [3.05, 3.63) is 46.8 Å². The second-order valence-electron chi connectivity index (χ2n) is 3.84. The highest BCUT2D eigenvalue weighted by Gasteiger charge is 2.20. The SMILES string of the molecule is CNc1cccnc1S(=O)(=O)Nc1ccc(F)c(Br)c1. The molecule has 1 heterocycles. The fraction of sp³-hybridized carbons (Fsp3) is 0.0833. The number of hydrogen-bond acceptors (Lipinski definition) is 4. The van der Waals surface area contributed by atoms with E-state index in [2.05, 4.69) is 31.0 Å². The second-order valence-corrected chi connectivity index (χ2v) is 6.29. The fourth-order valence-corrected chi connectivity index (χ4v) is 3.13. The van der Waals surface area contributed by atoms with Gasteiger partial charge in [-0.2, -0.15) is 8.42 Å². The number of nitrogens with zero attached hydrogens (tertiary/aromatic N) is 1. The number of halogens is 2. The lowest BCUT2D eigenvalue weighted by Crippen LogP contribution is -2.16. The van der Waals surface area contributed by atoms with E-state index in [4.69, 9.17) is 0 Å². The summed E-state index contributed by atoms with van der Waals surface area (Å²) in [4.78, 5) is 3.86. The number of hydrogen-bond donors (Lipinski definition) is 2. The summed E-state index contributed by atoms with van der Waals surface area (Å²) in [6.07, 6.45) is 1.38. The molecule has 8 heteroatoms. The van der Waals surface area contributed by atoms with E-state index in [-0.39, 0.29) is 15.2 Å². The third-order valence-corrected chi connectivity index (χ3v) is 4.41. The Hall–Kier alpha value is -1.67. The smallest absolute Gasteiger partial charge is 0.281 e. The third-order valence-electron chi connectivity index (χ3n) is 2.47. The Morgan fingerprint density at radius 2 is 2.05 bits per heavy atom. The van der Waals surface area contributed by atoms with Crippen molar-refractivity contribution >= 4 is 37.3 Å². The first-order chi connectivity index (χ1) is 9.44. The van der Waals surface area contributed by atoms with Gasteiger partial charge in [0.25, 0.3) is 10.0 Å². The molecule has 20 heavy (non-hydrogen) atoms. The minimum atomic E-state index is -3.85. The van der Waals surface area contributed by atoms with Gasteiger partial charge in [-0.15, -0.1) is 0 Å². The van der Waals surface area contributed by atoms with Crippen molar-refractivity contribution in [3.63, 3.8) is 0 Å². The normalized spacial score (nSPS) is 11.2. The molecule has 0 saturated carbocycles. The lowest BCUT2D eigenvalue weighted by Gasteiger charge is -2.11. The Balaban J connectivity index is 2.38. The van der Waals surface area contributed by atoms with Gasteiger partial charge in [-0.05, 0) is 46.3 Å². The minimum absolute atomic E-state index is 0.122. The van der Waals surface area contributed by atoms with Crippen LogP contribution >= 0.6 is 15.9 Å². The fourth-order valence-electron chi connectivity index (χ4n) is 1.56. The number of pyridine rings is 1. The zero-order chi connectivity index (χ0) is 14.8. The summed E-state index contributed by atoms with van der Waals surface area (Å²) in [5.41, 5.74) is 0.618. The van der Waals surface area contributed by atoms with Gasteiger partial charge in [0.05, 0.1) is 15.8 Å². The topological polar surface area (TPSA) is 71.1 Å². The molecule has 0 unspecified atom stereocenters. The number of sulfonamides is 1. The lowest BCUT2D eigenvalue weighted by atomic mass is 10.3. The number of anilines is 2. The molecule has 0 bridgehead atoms. The van der Waals surface area contributed by atoms with Gasteiger partial charge < -0.3 is 5.32 Å². The largest absolute Gasteiger partial charge is 0.386 e.